The van der Waals surface area contributed by atoms with Crippen molar-refractivity contribution in [2.45, 2.75) is 13.3 Å². The smallest absolute Gasteiger partial charge is 0.292 e. The van der Waals surface area contributed by atoms with Crippen LogP contribution in [0.2, 0.25) is 0 Å². The van der Waals surface area contributed by atoms with E-state index in [1.54, 1.807) is 18.9 Å². The molecule has 1 aromatic rings. The van der Waals surface area contributed by atoms with Gasteiger partial charge in [0.25, 0.3) is 11.6 Å². The van der Waals surface area contributed by atoms with Crippen LogP contribution >= 0.6 is 0 Å². The molecule has 1 N–H and O–H groups in total. The quantitative estimate of drug-likeness (QED) is 0.629. The summed E-state index contributed by atoms with van der Waals surface area (Å²) in [4.78, 5) is 23.9. The molecule has 1 amide bonds. The third-order valence-corrected chi connectivity index (χ3v) is 2.74. The Morgan fingerprint density at radius 3 is 2.80 bits per heavy atom. The third-order valence-electron chi connectivity index (χ3n) is 2.74. The summed E-state index contributed by atoms with van der Waals surface area (Å²) < 4.78 is 0. The molecule has 20 heavy (non-hydrogen) atoms. The van der Waals surface area contributed by atoms with Gasteiger partial charge in [-0.05, 0) is 19.1 Å². The highest BCUT2D eigenvalue weighted by molar-refractivity contribution is 5.95. The Kier molecular flexibility index (Phi) is 5.47. The average molecular weight is 276 g/mol. The Balaban J connectivity index is 3.15. The average Bonchev–Trinajstić information content (AvgIpc) is 2.44. The lowest BCUT2D eigenvalue weighted by molar-refractivity contribution is -0.384. The molecular weight excluding hydrogens is 260 g/mol. The number of benzene rings is 1. The Hall–Kier alpha value is -2.62. The SMILES string of the molecule is CCNC(=O)c1ccc([N+](=O)[O-])c(N(C)CCC#N)c1. The fourth-order valence-electron chi connectivity index (χ4n) is 1.73. The molecule has 7 nitrogen and oxygen atoms in total. The summed E-state index contributed by atoms with van der Waals surface area (Å²) in [5.74, 6) is -0.280. The van der Waals surface area contributed by atoms with Crippen LogP contribution in [0.25, 0.3) is 0 Å². The van der Waals surface area contributed by atoms with Crippen molar-refractivity contribution in [3.05, 3.63) is 33.9 Å². The Morgan fingerprint density at radius 2 is 2.25 bits per heavy atom. The van der Waals surface area contributed by atoms with Crippen LogP contribution in [0.3, 0.4) is 0 Å². The predicted octanol–water partition coefficient (Wildman–Crippen LogP) is 1.69. The second kappa shape index (κ2) is 7.09. The lowest BCUT2D eigenvalue weighted by Gasteiger charge is -2.18. The molecule has 1 rings (SSSR count). The Bertz CT molecular complexity index is 551. The van der Waals surface area contributed by atoms with Crippen molar-refractivity contribution in [2.24, 2.45) is 0 Å². The van der Waals surface area contributed by atoms with Crippen molar-refractivity contribution >= 4 is 17.3 Å². The first-order chi connectivity index (χ1) is 9.51. The number of hydrogen-bond donors (Lipinski definition) is 1. The first kappa shape index (κ1) is 15.4. The minimum Gasteiger partial charge on any atom is -0.368 e. The topological polar surface area (TPSA) is 99.3 Å². The van der Waals surface area contributed by atoms with Crippen LogP contribution in [-0.2, 0) is 0 Å². The number of nitro benzene ring substituents is 1. The standard InChI is InChI=1S/C13H16N4O3/c1-3-15-13(18)10-5-6-11(17(19)20)12(9-10)16(2)8-4-7-14/h5-6,9H,3-4,8H2,1-2H3,(H,15,18). The molecule has 0 atom stereocenters. The predicted molar refractivity (Wildman–Crippen MR) is 74.6 cm³/mol. The minimum atomic E-state index is -0.500. The van der Waals surface area contributed by atoms with Crippen molar-refractivity contribution in [3.8, 4) is 6.07 Å². The van der Waals surface area contributed by atoms with Gasteiger partial charge in [0.15, 0.2) is 0 Å². The summed E-state index contributed by atoms with van der Waals surface area (Å²) in [5.41, 5.74) is 0.601. The van der Waals surface area contributed by atoms with E-state index in [-0.39, 0.29) is 18.0 Å². The number of anilines is 1. The van der Waals surface area contributed by atoms with E-state index in [0.29, 0.717) is 24.3 Å². The van der Waals surface area contributed by atoms with Crippen LogP contribution in [-0.4, -0.2) is 31.0 Å². The maximum atomic E-state index is 11.8. The van der Waals surface area contributed by atoms with E-state index in [4.69, 9.17) is 5.26 Å². The van der Waals surface area contributed by atoms with Crippen LogP contribution in [0.4, 0.5) is 11.4 Å². The molecule has 0 radical (unpaired) electrons. The van der Waals surface area contributed by atoms with Gasteiger partial charge < -0.3 is 10.2 Å². The third kappa shape index (κ3) is 3.68. The normalized spacial score (nSPS) is 9.65. The van der Waals surface area contributed by atoms with E-state index >= 15 is 0 Å². The monoisotopic (exact) mass is 276 g/mol. The first-order valence-corrected chi connectivity index (χ1v) is 6.16. The molecule has 0 heterocycles. The van der Waals surface area contributed by atoms with E-state index in [0.717, 1.165) is 0 Å². The van der Waals surface area contributed by atoms with Gasteiger partial charge in [0.05, 0.1) is 17.4 Å². The fourth-order valence-corrected chi connectivity index (χ4v) is 1.73. The summed E-state index contributed by atoms with van der Waals surface area (Å²) in [6, 6.07) is 6.19. The van der Waals surface area contributed by atoms with Crippen molar-refractivity contribution in [2.75, 3.05) is 25.0 Å². The van der Waals surface area contributed by atoms with E-state index in [1.165, 1.54) is 18.2 Å². The van der Waals surface area contributed by atoms with E-state index in [9.17, 15) is 14.9 Å². The van der Waals surface area contributed by atoms with E-state index < -0.39 is 4.92 Å². The molecule has 0 bridgehead atoms. The van der Waals surface area contributed by atoms with Gasteiger partial charge in [-0.15, -0.1) is 0 Å². The zero-order valence-corrected chi connectivity index (χ0v) is 11.4. The second-order valence-corrected chi connectivity index (χ2v) is 4.15. The number of amides is 1. The van der Waals surface area contributed by atoms with Crippen LogP contribution in [0.15, 0.2) is 18.2 Å². The Labute approximate surface area is 117 Å². The van der Waals surface area contributed by atoms with Crippen molar-refractivity contribution in [3.63, 3.8) is 0 Å². The number of nitrogens with zero attached hydrogens (tertiary/aromatic N) is 3. The summed E-state index contributed by atoms with van der Waals surface area (Å²) in [6.45, 7) is 2.63. The maximum absolute atomic E-state index is 11.8. The van der Waals surface area contributed by atoms with Gasteiger partial charge in [0, 0.05) is 31.8 Å². The van der Waals surface area contributed by atoms with Gasteiger partial charge in [-0.1, -0.05) is 0 Å². The molecule has 0 unspecified atom stereocenters. The fraction of sp³-hybridized carbons (Fsp3) is 0.385. The molecule has 0 spiro atoms. The number of nitrogens with one attached hydrogen (secondary N) is 1. The van der Waals surface area contributed by atoms with Gasteiger partial charge >= 0.3 is 0 Å². The minimum absolute atomic E-state index is 0.0847. The molecular formula is C13H16N4O3. The van der Waals surface area contributed by atoms with Gasteiger partial charge in [-0.2, -0.15) is 5.26 Å². The highest BCUT2D eigenvalue weighted by Gasteiger charge is 2.19. The molecule has 0 saturated carbocycles. The molecule has 0 fully saturated rings. The highest BCUT2D eigenvalue weighted by Crippen LogP contribution is 2.28. The van der Waals surface area contributed by atoms with Crippen molar-refractivity contribution in [1.82, 2.24) is 5.32 Å². The van der Waals surface area contributed by atoms with Gasteiger partial charge in [-0.25, -0.2) is 0 Å². The lowest BCUT2D eigenvalue weighted by Crippen LogP contribution is -2.24. The number of carbonyl (C=O) groups excluding carboxylic acids is 1. The number of hydrogen-bond acceptors (Lipinski definition) is 5. The largest absolute Gasteiger partial charge is 0.368 e. The summed E-state index contributed by atoms with van der Waals surface area (Å²) in [7, 11) is 1.65. The number of nitriles is 1. The Morgan fingerprint density at radius 1 is 1.55 bits per heavy atom. The summed E-state index contributed by atoms with van der Waals surface area (Å²) in [5, 5.41) is 22.2. The zero-order valence-electron chi connectivity index (χ0n) is 11.4. The number of nitro groups is 1. The molecule has 106 valence electrons. The first-order valence-electron chi connectivity index (χ1n) is 6.16. The molecule has 1 aromatic carbocycles. The van der Waals surface area contributed by atoms with Crippen LogP contribution < -0.4 is 10.2 Å². The number of rotatable bonds is 6. The van der Waals surface area contributed by atoms with Crippen LogP contribution in [0, 0.1) is 21.4 Å². The highest BCUT2D eigenvalue weighted by atomic mass is 16.6. The zero-order chi connectivity index (χ0) is 15.1. The van der Waals surface area contributed by atoms with Crippen molar-refractivity contribution < 1.29 is 9.72 Å². The molecule has 0 aliphatic heterocycles. The van der Waals surface area contributed by atoms with Gasteiger partial charge in [0.2, 0.25) is 0 Å². The molecule has 0 aliphatic carbocycles. The van der Waals surface area contributed by atoms with E-state index in [2.05, 4.69) is 5.32 Å². The maximum Gasteiger partial charge on any atom is 0.292 e. The molecule has 0 saturated heterocycles. The second-order valence-electron chi connectivity index (χ2n) is 4.15. The van der Waals surface area contributed by atoms with Crippen molar-refractivity contribution in [1.29, 1.82) is 5.26 Å². The number of carbonyl (C=O) groups is 1. The van der Waals surface area contributed by atoms with E-state index in [1.807, 2.05) is 6.07 Å². The van der Waals surface area contributed by atoms with Gasteiger partial charge in [0.1, 0.15) is 5.69 Å². The van der Waals surface area contributed by atoms with Gasteiger partial charge in [-0.3, -0.25) is 14.9 Å². The summed E-state index contributed by atoms with van der Waals surface area (Å²) >= 11 is 0. The lowest BCUT2D eigenvalue weighted by atomic mass is 10.1. The molecule has 0 aromatic heterocycles. The molecule has 7 heteroatoms. The molecule has 0 aliphatic rings. The summed E-state index contributed by atoms with van der Waals surface area (Å²) in [6.07, 6.45) is 0.249. The van der Waals surface area contributed by atoms with Crippen LogP contribution in [0.5, 0.6) is 0 Å². The van der Waals surface area contributed by atoms with Crippen LogP contribution in [0.1, 0.15) is 23.7 Å².